The second-order valence-electron chi connectivity index (χ2n) is 5.65. The van der Waals surface area contributed by atoms with Crippen molar-refractivity contribution in [3.05, 3.63) is 84.8 Å². The molecule has 5 nitrogen and oxygen atoms in total. The maximum absolute atomic E-state index is 13.0. The van der Waals surface area contributed by atoms with E-state index >= 15 is 0 Å². The lowest BCUT2D eigenvalue weighted by Crippen LogP contribution is -2.05. The summed E-state index contributed by atoms with van der Waals surface area (Å²) in [5.41, 5.74) is 3.44. The van der Waals surface area contributed by atoms with Gasteiger partial charge in [0.1, 0.15) is 11.5 Å². The van der Waals surface area contributed by atoms with Crippen LogP contribution in [0.2, 0.25) is 0 Å². The zero-order valence-electron chi connectivity index (χ0n) is 13.8. The fourth-order valence-corrected chi connectivity index (χ4v) is 2.59. The van der Waals surface area contributed by atoms with Crippen LogP contribution in [0.4, 0.5) is 10.3 Å². The maximum Gasteiger partial charge on any atom is 0.223 e. The van der Waals surface area contributed by atoms with Gasteiger partial charge in [0.25, 0.3) is 0 Å². The molecule has 0 aliphatic rings. The number of furan rings is 1. The van der Waals surface area contributed by atoms with Crippen molar-refractivity contribution in [1.29, 1.82) is 0 Å². The summed E-state index contributed by atoms with van der Waals surface area (Å²) >= 11 is 0. The summed E-state index contributed by atoms with van der Waals surface area (Å²) in [6.45, 7) is 0.493. The molecule has 4 rings (SSSR count). The molecule has 0 fully saturated rings. The van der Waals surface area contributed by atoms with E-state index in [0.29, 0.717) is 23.9 Å². The fraction of sp³-hybridized carbons (Fsp3) is 0.0500. The number of anilines is 1. The third-order valence-corrected chi connectivity index (χ3v) is 3.90. The molecule has 0 unspecified atom stereocenters. The molecule has 0 bridgehead atoms. The first-order valence-electron chi connectivity index (χ1n) is 8.09. The van der Waals surface area contributed by atoms with Gasteiger partial charge in [-0.15, -0.1) is 0 Å². The first kappa shape index (κ1) is 16.0. The lowest BCUT2D eigenvalue weighted by atomic mass is 10.1. The van der Waals surface area contributed by atoms with E-state index in [4.69, 9.17) is 4.42 Å². The summed E-state index contributed by atoms with van der Waals surface area (Å²) in [4.78, 5) is 13.1. The standard InChI is InChI=1S/C20H15FN4O/c21-16-5-3-14(4-6-16)12-23-20-24-13-17(15-7-9-22-10-8-15)19(25-20)18-2-1-11-26-18/h1-11,13H,12H2,(H,23,24,25). The van der Waals surface area contributed by atoms with Gasteiger partial charge in [-0.25, -0.2) is 14.4 Å². The van der Waals surface area contributed by atoms with Crippen molar-refractivity contribution in [2.45, 2.75) is 6.54 Å². The number of halogens is 1. The van der Waals surface area contributed by atoms with Crippen molar-refractivity contribution >= 4 is 5.95 Å². The van der Waals surface area contributed by atoms with E-state index in [1.54, 1.807) is 37.0 Å². The van der Waals surface area contributed by atoms with E-state index in [2.05, 4.69) is 20.3 Å². The van der Waals surface area contributed by atoms with Gasteiger partial charge >= 0.3 is 0 Å². The smallest absolute Gasteiger partial charge is 0.223 e. The summed E-state index contributed by atoms with van der Waals surface area (Å²) in [6.07, 6.45) is 6.82. The Morgan fingerprint density at radius 2 is 1.81 bits per heavy atom. The number of pyridine rings is 1. The highest BCUT2D eigenvalue weighted by Crippen LogP contribution is 2.30. The van der Waals surface area contributed by atoms with E-state index in [0.717, 1.165) is 16.7 Å². The molecule has 3 aromatic heterocycles. The number of benzene rings is 1. The highest BCUT2D eigenvalue weighted by molar-refractivity contribution is 5.78. The van der Waals surface area contributed by atoms with E-state index in [1.165, 1.54) is 12.1 Å². The quantitative estimate of drug-likeness (QED) is 0.574. The molecule has 26 heavy (non-hydrogen) atoms. The Morgan fingerprint density at radius 3 is 2.54 bits per heavy atom. The van der Waals surface area contributed by atoms with Gasteiger partial charge in [-0.2, -0.15) is 0 Å². The van der Waals surface area contributed by atoms with Gasteiger partial charge in [0.15, 0.2) is 5.76 Å². The van der Waals surface area contributed by atoms with Gasteiger partial charge in [-0.05, 0) is 47.5 Å². The maximum atomic E-state index is 13.0. The Kier molecular flexibility index (Phi) is 4.38. The fourth-order valence-electron chi connectivity index (χ4n) is 2.59. The minimum Gasteiger partial charge on any atom is -0.463 e. The molecule has 0 aliphatic carbocycles. The second kappa shape index (κ2) is 7.14. The molecule has 0 radical (unpaired) electrons. The number of hydrogen-bond donors (Lipinski definition) is 1. The first-order chi connectivity index (χ1) is 12.8. The SMILES string of the molecule is Fc1ccc(CNc2ncc(-c3ccncc3)c(-c3ccco3)n2)cc1. The van der Waals surface area contributed by atoms with Crippen molar-refractivity contribution in [2.75, 3.05) is 5.32 Å². The molecule has 0 amide bonds. The molecule has 6 heteroatoms. The Balaban J connectivity index is 1.65. The van der Waals surface area contributed by atoms with E-state index in [9.17, 15) is 4.39 Å². The van der Waals surface area contributed by atoms with Crippen molar-refractivity contribution in [3.8, 4) is 22.6 Å². The predicted octanol–water partition coefficient (Wildman–Crippen LogP) is 4.55. The zero-order valence-corrected chi connectivity index (χ0v) is 13.8. The second-order valence-corrected chi connectivity index (χ2v) is 5.65. The summed E-state index contributed by atoms with van der Waals surface area (Å²) in [5.74, 6) is 0.870. The molecule has 3 heterocycles. The van der Waals surface area contributed by atoms with Crippen LogP contribution >= 0.6 is 0 Å². The normalized spacial score (nSPS) is 10.7. The number of rotatable bonds is 5. The predicted molar refractivity (Wildman–Crippen MR) is 96.7 cm³/mol. The molecular weight excluding hydrogens is 331 g/mol. The van der Waals surface area contributed by atoms with Crippen molar-refractivity contribution in [1.82, 2.24) is 15.0 Å². The Morgan fingerprint density at radius 1 is 1.00 bits per heavy atom. The molecule has 0 saturated heterocycles. The van der Waals surface area contributed by atoms with Crippen molar-refractivity contribution in [2.24, 2.45) is 0 Å². The topological polar surface area (TPSA) is 63.8 Å². The van der Waals surface area contributed by atoms with Crippen molar-refractivity contribution in [3.63, 3.8) is 0 Å². The lowest BCUT2D eigenvalue weighted by molar-refractivity contribution is 0.580. The van der Waals surface area contributed by atoms with Gasteiger partial charge < -0.3 is 9.73 Å². The molecule has 0 aliphatic heterocycles. The summed E-state index contributed by atoms with van der Waals surface area (Å²) < 4.78 is 18.5. The summed E-state index contributed by atoms with van der Waals surface area (Å²) in [7, 11) is 0. The van der Waals surface area contributed by atoms with Crippen LogP contribution in [0.25, 0.3) is 22.6 Å². The van der Waals surface area contributed by atoms with Crippen LogP contribution in [-0.4, -0.2) is 15.0 Å². The number of aromatic nitrogens is 3. The Bertz CT molecular complexity index is 986. The molecule has 128 valence electrons. The number of nitrogens with one attached hydrogen (secondary N) is 1. The third-order valence-electron chi connectivity index (χ3n) is 3.90. The number of nitrogens with zero attached hydrogens (tertiary/aromatic N) is 3. The lowest BCUT2D eigenvalue weighted by Gasteiger charge is -2.10. The van der Waals surface area contributed by atoms with Gasteiger partial charge in [-0.3, -0.25) is 4.98 Å². The first-order valence-corrected chi connectivity index (χ1v) is 8.09. The molecule has 1 N–H and O–H groups in total. The van der Waals surface area contributed by atoms with Gasteiger partial charge in [-0.1, -0.05) is 12.1 Å². The van der Waals surface area contributed by atoms with E-state index in [-0.39, 0.29) is 5.82 Å². The molecule has 0 spiro atoms. The van der Waals surface area contributed by atoms with Crippen LogP contribution < -0.4 is 5.32 Å². The van der Waals surface area contributed by atoms with E-state index < -0.39 is 0 Å². The minimum atomic E-state index is -0.258. The molecule has 0 atom stereocenters. The van der Waals surface area contributed by atoms with Crippen molar-refractivity contribution < 1.29 is 8.81 Å². The Labute approximate surface area is 149 Å². The minimum absolute atomic E-state index is 0.258. The Hall–Kier alpha value is -3.54. The average molecular weight is 346 g/mol. The van der Waals surface area contributed by atoms with Gasteiger partial charge in [0.05, 0.1) is 6.26 Å². The highest BCUT2D eigenvalue weighted by Gasteiger charge is 2.13. The van der Waals surface area contributed by atoms with Gasteiger partial charge in [0.2, 0.25) is 5.95 Å². The van der Waals surface area contributed by atoms with Crippen LogP contribution in [0, 0.1) is 5.82 Å². The summed E-state index contributed by atoms with van der Waals surface area (Å²) in [6, 6.07) is 13.8. The molecule has 4 aromatic rings. The van der Waals surface area contributed by atoms with Crippen LogP contribution in [0.15, 0.2) is 77.8 Å². The highest BCUT2D eigenvalue weighted by atomic mass is 19.1. The van der Waals surface area contributed by atoms with Crippen LogP contribution in [0.3, 0.4) is 0 Å². The summed E-state index contributed by atoms with van der Waals surface area (Å²) in [5, 5.41) is 3.16. The monoisotopic (exact) mass is 346 g/mol. The van der Waals surface area contributed by atoms with E-state index in [1.807, 2.05) is 24.3 Å². The van der Waals surface area contributed by atoms with Gasteiger partial charge in [0, 0.05) is 30.7 Å². The van der Waals surface area contributed by atoms with Crippen LogP contribution in [0.1, 0.15) is 5.56 Å². The zero-order chi connectivity index (χ0) is 17.8. The molecular formula is C20H15FN4O. The van der Waals surface area contributed by atoms with Crippen LogP contribution in [-0.2, 0) is 6.54 Å². The molecule has 1 aromatic carbocycles. The van der Waals surface area contributed by atoms with Crippen LogP contribution in [0.5, 0.6) is 0 Å². The molecule has 0 saturated carbocycles. The average Bonchev–Trinajstić information content (AvgIpc) is 3.23. The number of hydrogen-bond acceptors (Lipinski definition) is 5. The third kappa shape index (κ3) is 3.44. The largest absolute Gasteiger partial charge is 0.463 e.